The third-order valence-electron chi connectivity index (χ3n) is 2.98. The van der Waals surface area contributed by atoms with E-state index >= 15 is 0 Å². The van der Waals surface area contributed by atoms with Crippen molar-refractivity contribution < 1.29 is 9.53 Å². The van der Waals surface area contributed by atoms with Crippen molar-refractivity contribution >= 4 is 17.7 Å². The Labute approximate surface area is 122 Å². The molecule has 0 aromatic carbocycles. The number of carbonyl (C=O) groups excluding carboxylic acids is 1. The number of carbonyl (C=O) groups is 1. The maximum atomic E-state index is 11.9. The fourth-order valence-electron chi connectivity index (χ4n) is 1.99. The molecule has 2 atom stereocenters. The number of hydrogen-bond donors (Lipinski definition) is 1. The van der Waals surface area contributed by atoms with Gasteiger partial charge in [0.2, 0.25) is 11.1 Å². The molecule has 1 saturated heterocycles. The smallest absolute Gasteiger partial charge is 0.233 e. The van der Waals surface area contributed by atoms with Crippen LogP contribution in [0.3, 0.4) is 0 Å². The second-order valence-electron chi connectivity index (χ2n) is 5.20. The summed E-state index contributed by atoms with van der Waals surface area (Å²) in [6.45, 7) is 7.19. The molecule has 8 heteroatoms. The molecule has 7 nitrogen and oxygen atoms in total. The summed E-state index contributed by atoms with van der Waals surface area (Å²) in [4.78, 5) is 11.9. The van der Waals surface area contributed by atoms with E-state index in [2.05, 4.69) is 20.8 Å². The van der Waals surface area contributed by atoms with E-state index in [1.165, 1.54) is 11.8 Å². The van der Waals surface area contributed by atoms with Crippen molar-refractivity contribution in [1.82, 2.24) is 25.5 Å². The Morgan fingerprint density at radius 2 is 2.35 bits per heavy atom. The predicted molar refractivity (Wildman–Crippen MR) is 75.4 cm³/mol. The number of aromatic nitrogens is 4. The third kappa shape index (κ3) is 4.17. The first kappa shape index (κ1) is 15.2. The standard InChI is InChI=1S/C12H21N5O2S/c1-8(2)13-11(18)9(3)20-12-14-15-16-17(12)7-10-5-4-6-19-10/h8-10H,4-7H2,1-3H3,(H,13,18)/t9-,10-/m0/s1. The molecule has 0 aliphatic carbocycles. The molecule has 1 aromatic rings. The number of hydrogen-bond acceptors (Lipinski definition) is 6. The molecule has 1 amide bonds. The molecule has 1 aromatic heterocycles. The summed E-state index contributed by atoms with van der Waals surface area (Å²) in [5, 5.41) is 15.0. The van der Waals surface area contributed by atoms with Gasteiger partial charge in [-0.05, 0) is 44.0 Å². The zero-order valence-electron chi connectivity index (χ0n) is 12.1. The van der Waals surface area contributed by atoms with Crippen LogP contribution in [0.1, 0.15) is 33.6 Å². The van der Waals surface area contributed by atoms with Crippen LogP contribution in [0, 0.1) is 0 Å². The number of thioether (sulfide) groups is 1. The Kier molecular flexibility index (Phi) is 5.36. The molecule has 112 valence electrons. The van der Waals surface area contributed by atoms with Crippen LogP contribution >= 0.6 is 11.8 Å². The zero-order chi connectivity index (χ0) is 14.5. The van der Waals surface area contributed by atoms with E-state index in [4.69, 9.17) is 4.74 Å². The third-order valence-corrected chi connectivity index (χ3v) is 4.05. The van der Waals surface area contributed by atoms with Crippen molar-refractivity contribution in [2.45, 2.75) is 62.7 Å². The van der Waals surface area contributed by atoms with Crippen LogP contribution in [-0.2, 0) is 16.1 Å². The Balaban J connectivity index is 1.92. The molecule has 1 N–H and O–H groups in total. The van der Waals surface area contributed by atoms with E-state index in [9.17, 15) is 4.79 Å². The van der Waals surface area contributed by atoms with E-state index in [0.717, 1.165) is 19.4 Å². The largest absolute Gasteiger partial charge is 0.376 e. The van der Waals surface area contributed by atoms with Crippen molar-refractivity contribution in [3.05, 3.63) is 0 Å². The van der Waals surface area contributed by atoms with Gasteiger partial charge in [-0.25, -0.2) is 4.68 Å². The maximum absolute atomic E-state index is 11.9. The molecule has 1 fully saturated rings. The van der Waals surface area contributed by atoms with Crippen molar-refractivity contribution in [2.24, 2.45) is 0 Å². The van der Waals surface area contributed by atoms with Gasteiger partial charge in [-0.1, -0.05) is 11.8 Å². The lowest BCUT2D eigenvalue weighted by atomic mass is 10.2. The molecule has 2 heterocycles. The topological polar surface area (TPSA) is 81.9 Å². The van der Waals surface area contributed by atoms with Gasteiger partial charge in [-0.15, -0.1) is 5.10 Å². The minimum atomic E-state index is -0.230. The average Bonchev–Trinajstić information content (AvgIpc) is 3.01. The maximum Gasteiger partial charge on any atom is 0.233 e. The first-order valence-corrected chi connectivity index (χ1v) is 7.79. The van der Waals surface area contributed by atoms with Gasteiger partial charge >= 0.3 is 0 Å². The summed E-state index contributed by atoms with van der Waals surface area (Å²) < 4.78 is 7.30. The number of amides is 1. The van der Waals surface area contributed by atoms with Crippen LogP contribution in [0.15, 0.2) is 5.16 Å². The lowest BCUT2D eigenvalue weighted by Gasteiger charge is -2.14. The van der Waals surface area contributed by atoms with Crippen molar-refractivity contribution in [3.8, 4) is 0 Å². The minimum Gasteiger partial charge on any atom is -0.376 e. The normalized spacial score (nSPS) is 20.3. The molecular weight excluding hydrogens is 278 g/mol. The Morgan fingerprint density at radius 3 is 3.00 bits per heavy atom. The summed E-state index contributed by atoms with van der Waals surface area (Å²) in [5.41, 5.74) is 0. The van der Waals surface area contributed by atoms with Crippen LogP contribution in [0.5, 0.6) is 0 Å². The highest BCUT2D eigenvalue weighted by Gasteiger charge is 2.22. The molecule has 1 aliphatic heterocycles. The van der Waals surface area contributed by atoms with Crippen LogP contribution < -0.4 is 5.32 Å². The summed E-state index contributed by atoms with van der Waals surface area (Å²) in [5.74, 6) is -0.00309. The minimum absolute atomic E-state index is 0.00309. The van der Waals surface area contributed by atoms with Gasteiger partial charge in [0.05, 0.1) is 17.9 Å². The number of tetrazole rings is 1. The average molecular weight is 299 g/mol. The fourth-order valence-corrected chi connectivity index (χ4v) is 2.80. The molecule has 0 bridgehead atoms. The molecule has 0 spiro atoms. The monoisotopic (exact) mass is 299 g/mol. The van der Waals surface area contributed by atoms with Gasteiger partial charge in [0.1, 0.15) is 0 Å². The number of nitrogens with one attached hydrogen (secondary N) is 1. The highest BCUT2D eigenvalue weighted by molar-refractivity contribution is 8.00. The van der Waals surface area contributed by atoms with Gasteiger partial charge in [-0.2, -0.15) is 0 Å². The van der Waals surface area contributed by atoms with Crippen molar-refractivity contribution in [2.75, 3.05) is 6.61 Å². The molecule has 0 radical (unpaired) electrons. The molecule has 0 saturated carbocycles. The van der Waals surface area contributed by atoms with Gasteiger partial charge < -0.3 is 10.1 Å². The lowest BCUT2D eigenvalue weighted by molar-refractivity contribution is -0.120. The van der Waals surface area contributed by atoms with Gasteiger partial charge in [0, 0.05) is 12.6 Å². The summed E-state index contributed by atoms with van der Waals surface area (Å²) in [7, 11) is 0. The predicted octanol–water partition coefficient (Wildman–Crippen LogP) is 0.857. The molecule has 0 unspecified atom stereocenters. The van der Waals surface area contributed by atoms with E-state index in [1.54, 1.807) is 4.68 Å². The highest BCUT2D eigenvalue weighted by atomic mass is 32.2. The zero-order valence-corrected chi connectivity index (χ0v) is 12.9. The Hall–Kier alpha value is -1.15. The van der Waals surface area contributed by atoms with E-state index in [1.807, 2.05) is 20.8 Å². The Morgan fingerprint density at radius 1 is 1.55 bits per heavy atom. The van der Waals surface area contributed by atoms with E-state index < -0.39 is 0 Å². The first-order chi connectivity index (χ1) is 9.56. The molecule has 1 aliphatic rings. The SMILES string of the molecule is CC(C)NC(=O)[C@H](C)Sc1nnnn1C[C@@H]1CCCO1. The summed E-state index contributed by atoms with van der Waals surface area (Å²) >= 11 is 1.37. The second kappa shape index (κ2) is 7.03. The Bertz CT molecular complexity index is 445. The lowest BCUT2D eigenvalue weighted by Crippen LogP contribution is -2.36. The van der Waals surface area contributed by atoms with Crippen molar-refractivity contribution in [3.63, 3.8) is 0 Å². The van der Waals surface area contributed by atoms with E-state index in [-0.39, 0.29) is 23.3 Å². The van der Waals surface area contributed by atoms with Gasteiger partial charge in [0.25, 0.3) is 0 Å². The van der Waals surface area contributed by atoms with Crippen LogP contribution in [0.2, 0.25) is 0 Å². The van der Waals surface area contributed by atoms with Crippen LogP contribution in [0.25, 0.3) is 0 Å². The molecule has 2 rings (SSSR count). The number of ether oxygens (including phenoxy) is 1. The number of rotatable bonds is 6. The fraction of sp³-hybridized carbons (Fsp3) is 0.833. The first-order valence-electron chi connectivity index (χ1n) is 6.91. The van der Waals surface area contributed by atoms with E-state index in [0.29, 0.717) is 11.7 Å². The van der Waals surface area contributed by atoms with Crippen LogP contribution in [-0.4, -0.2) is 50.1 Å². The number of nitrogens with zero attached hydrogens (tertiary/aromatic N) is 4. The second-order valence-corrected chi connectivity index (χ2v) is 6.51. The van der Waals surface area contributed by atoms with Gasteiger partial charge in [-0.3, -0.25) is 4.79 Å². The summed E-state index contributed by atoms with van der Waals surface area (Å²) in [6, 6.07) is 0.133. The highest BCUT2D eigenvalue weighted by Crippen LogP contribution is 2.22. The van der Waals surface area contributed by atoms with Crippen LogP contribution in [0.4, 0.5) is 0 Å². The van der Waals surface area contributed by atoms with Crippen molar-refractivity contribution in [1.29, 1.82) is 0 Å². The quantitative estimate of drug-likeness (QED) is 0.785. The summed E-state index contributed by atoms with van der Waals surface area (Å²) in [6.07, 6.45) is 2.30. The molecular formula is C12H21N5O2S. The molecule has 20 heavy (non-hydrogen) atoms. The van der Waals surface area contributed by atoms with Gasteiger partial charge in [0.15, 0.2) is 0 Å².